The van der Waals surface area contributed by atoms with E-state index in [9.17, 15) is 5.11 Å². The second-order valence-corrected chi connectivity index (χ2v) is 11.9. The normalized spacial score (nSPS) is 26.8. The molecule has 3 atom stereocenters. The van der Waals surface area contributed by atoms with E-state index in [1.165, 1.54) is 65.8 Å². The van der Waals surface area contributed by atoms with Crippen molar-refractivity contribution in [2.24, 2.45) is 17.3 Å². The van der Waals surface area contributed by atoms with Gasteiger partial charge < -0.3 is 10.4 Å². The number of rotatable bonds is 4. The lowest BCUT2D eigenvalue weighted by Gasteiger charge is -2.46. The maximum absolute atomic E-state index is 11.9. The minimum atomic E-state index is -0.584. The molecule has 3 aliphatic rings. The van der Waals surface area contributed by atoms with Gasteiger partial charge in [-0.2, -0.15) is 11.3 Å². The van der Waals surface area contributed by atoms with Crippen LogP contribution in [0.25, 0.3) is 0 Å². The molecule has 32 heavy (non-hydrogen) atoms. The van der Waals surface area contributed by atoms with Crippen molar-refractivity contribution in [3.8, 4) is 0 Å². The Balaban J connectivity index is 1.69. The molecule has 1 fully saturated rings. The van der Waals surface area contributed by atoms with E-state index in [1.54, 1.807) is 11.3 Å². The Morgan fingerprint density at radius 2 is 1.81 bits per heavy atom. The maximum atomic E-state index is 11.9. The molecule has 1 saturated carbocycles. The highest BCUT2D eigenvalue weighted by Crippen LogP contribution is 2.54. The minimum Gasteiger partial charge on any atom is -0.384 e. The van der Waals surface area contributed by atoms with E-state index < -0.39 is 6.10 Å². The second kappa shape index (κ2) is 8.50. The molecule has 2 aliphatic carbocycles. The fourth-order valence-electron chi connectivity index (χ4n) is 6.61. The first kappa shape index (κ1) is 22.0. The predicted molar refractivity (Wildman–Crippen MR) is 135 cm³/mol. The summed E-state index contributed by atoms with van der Waals surface area (Å²) in [5.41, 5.74) is 9.40. The molecular weight excluding hydrogens is 410 g/mol. The molecule has 0 amide bonds. The molecular formula is C29H37NOS. The van der Waals surface area contributed by atoms with Gasteiger partial charge in [-0.1, -0.05) is 63.4 Å². The van der Waals surface area contributed by atoms with Crippen LogP contribution in [0, 0.1) is 24.2 Å². The van der Waals surface area contributed by atoms with E-state index in [-0.39, 0.29) is 5.92 Å². The number of hydrogen-bond donors (Lipinski definition) is 2. The third-order valence-corrected chi connectivity index (χ3v) is 8.64. The summed E-state index contributed by atoms with van der Waals surface area (Å²) in [6, 6.07) is 10.8. The zero-order valence-electron chi connectivity index (χ0n) is 19.9. The Bertz CT molecular complexity index is 1020. The van der Waals surface area contributed by atoms with Crippen molar-refractivity contribution in [3.05, 3.63) is 80.3 Å². The predicted octanol–water partition coefficient (Wildman–Crippen LogP) is 7.63. The maximum Gasteiger partial charge on any atom is 0.103 e. The van der Waals surface area contributed by atoms with Crippen LogP contribution >= 0.6 is 11.3 Å². The number of hydrogen-bond acceptors (Lipinski definition) is 3. The van der Waals surface area contributed by atoms with Crippen LogP contribution in [-0.2, 0) is 0 Å². The zero-order chi connectivity index (χ0) is 22.5. The van der Waals surface area contributed by atoms with Crippen molar-refractivity contribution < 1.29 is 5.11 Å². The topological polar surface area (TPSA) is 32.3 Å². The Morgan fingerprint density at radius 3 is 2.47 bits per heavy atom. The summed E-state index contributed by atoms with van der Waals surface area (Å²) >= 11 is 1.77. The van der Waals surface area contributed by atoms with Gasteiger partial charge in [0.2, 0.25) is 0 Å². The first-order valence-electron chi connectivity index (χ1n) is 12.3. The van der Waals surface area contributed by atoms with Crippen molar-refractivity contribution in [2.45, 2.75) is 78.2 Å². The van der Waals surface area contributed by atoms with Gasteiger partial charge in [-0.3, -0.25) is 0 Å². The summed E-state index contributed by atoms with van der Waals surface area (Å²) < 4.78 is 0. The van der Waals surface area contributed by atoms with Crippen LogP contribution in [0.15, 0.2) is 63.6 Å². The van der Waals surface area contributed by atoms with Gasteiger partial charge >= 0.3 is 0 Å². The van der Waals surface area contributed by atoms with Crippen LogP contribution in [0.4, 0.5) is 0 Å². The Morgan fingerprint density at radius 1 is 1.09 bits per heavy atom. The zero-order valence-corrected chi connectivity index (χ0v) is 20.8. The van der Waals surface area contributed by atoms with E-state index in [0.717, 1.165) is 12.0 Å². The van der Waals surface area contributed by atoms with Gasteiger partial charge in [0.05, 0.1) is 0 Å². The molecule has 5 rings (SSSR count). The highest BCUT2D eigenvalue weighted by atomic mass is 32.1. The van der Waals surface area contributed by atoms with Gasteiger partial charge in [0.15, 0.2) is 0 Å². The molecule has 2 aromatic rings. The molecule has 3 heteroatoms. The molecule has 2 N–H and O–H groups in total. The number of benzene rings is 1. The van der Waals surface area contributed by atoms with Gasteiger partial charge in [0.25, 0.3) is 0 Å². The Hall–Kier alpha value is -1.84. The van der Waals surface area contributed by atoms with E-state index in [0.29, 0.717) is 17.3 Å². The molecule has 2 heterocycles. The number of aliphatic hydroxyl groups is 1. The summed E-state index contributed by atoms with van der Waals surface area (Å²) in [7, 11) is 0. The second-order valence-electron chi connectivity index (χ2n) is 11.2. The van der Waals surface area contributed by atoms with E-state index in [1.807, 2.05) is 0 Å². The number of dihydropyridines is 1. The number of allylic oxidation sites excluding steroid dienone is 3. The molecule has 1 aromatic heterocycles. The number of aliphatic hydroxyl groups excluding tert-OH is 1. The van der Waals surface area contributed by atoms with Crippen molar-refractivity contribution in [1.29, 1.82) is 0 Å². The molecule has 2 nitrogen and oxygen atoms in total. The first-order chi connectivity index (χ1) is 15.3. The third-order valence-electron chi connectivity index (χ3n) is 7.94. The SMILES string of the molecule is Cc1ccc([C@@H](O)C2=C(C3CCCC3)NC3=C(C2c2ccsc2)[C@@H](C)CC(C)(C)C3)cc1. The van der Waals surface area contributed by atoms with Gasteiger partial charge in [-0.15, -0.1) is 0 Å². The van der Waals surface area contributed by atoms with Crippen LogP contribution in [0.5, 0.6) is 0 Å². The minimum absolute atomic E-state index is 0.176. The smallest absolute Gasteiger partial charge is 0.103 e. The van der Waals surface area contributed by atoms with Gasteiger partial charge in [0.1, 0.15) is 6.10 Å². The Kier molecular flexibility index (Phi) is 5.84. The molecule has 0 radical (unpaired) electrons. The van der Waals surface area contributed by atoms with E-state index in [4.69, 9.17) is 0 Å². The molecule has 1 unspecified atom stereocenters. The molecule has 1 aromatic carbocycles. The van der Waals surface area contributed by atoms with Crippen molar-refractivity contribution in [1.82, 2.24) is 5.32 Å². The van der Waals surface area contributed by atoms with Gasteiger partial charge in [0, 0.05) is 17.3 Å². The standard InChI is InChI=1S/C29H37NOS/c1-18-9-11-21(12-10-18)28(31)26-25(22-13-14-32-17-22)24-19(2)15-29(3,4)16-23(24)30-27(26)20-7-5-6-8-20/h9-14,17,19-20,25,28,30-31H,5-8,15-16H2,1-4H3/t19-,25?,28+/m0/s1. The average Bonchev–Trinajstić information content (AvgIpc) is 3.46. The van der Waals surface area contributed by atoms with Gasteiger partial charge in [-0.05, 0) is 89.0 Å². The fourth-order valence-corrected chi connectivity index (χ4v) is 7.29. The van der Waals surface area contributed by atoms with Gasteiger partial charge in [-0.25, -0.2) is 0 Å². The van der Waals surface area contributed by atoms with Crippen LogP contribution < -0.4 is 5.32 Å². The summed E-state index contributed by atoms with van der Waals surface area (Å²) in [4.78, 5) is 0. The Labute approximate surface area is 197 Å². The quantitative estimate of drug-likeness (QED) is 0.505. The largest absolute Gasteiger partial charge is 0.384 e. The molecule has 0 spiro atoms. The molecule has 170 valence electrons. The van der Waals surface area contributed by atoms with Crippen molar-refractivity contribution >= 4 is 11.3 Å². The number of aryl methyl sites for hydroxylation is 1. The third kappa shape index (κ3) is 3.99. The highest BCUT2D eigenvalue weighted by molar-refractivity contribution is 7.08. The molecule has 0 bridgehead atoms. The van der Waals surface area contributed by atoms with E-state index in [2.05, 4.69) is 74.1 Å². The highest BCUT2D eigenvalue weighted by Gasteiger charge is 2.43. The fraction of sp³-hybridized carbons (Fsp3) is 0.517. The summed E-state index contributed by atoms with van der Waals surface area (Å²) in [6.07, 6.45) is 6.74. The molecule has 1 aliphatic heterocycles. The summed E-state index contributed by atoms with van der Waals surface area (Å²) in [5, 5.41) is 20.4. The summed E-state index contributed by atoms with van der Waals surface area (Å²) in [5.74, 6) is 1.20. The monoisotopic (exact) mass is 447 g/mol. The average molecular weight is 448 g/mol. The lowest BCUT2D eigenvalue weighted by Crippen LogP contribution is -2.39. The number of nitrogens with one attached hydrogen (secondary N) is 1. The number of thiophene rings is 1. The van der Waals surface area contributed by atoms with Crippen molar-refractivity contribution in [3.63, 3.8) is 0 Å². The van der Waals surface area contributed by atoms with Crippen LogP contribution in [0.1, 0.15) is 88.0 Å². The van der Waals surface area contributed by atoms with Crippen LogP contribution in [0.2, 0.25) is 0 Å². The first-order valence-corrected chi connectivity index (χ1v) is 13.3. The lowest BCUT2D eigenvalue weighted by atomic mass is 9.64. The van der Waals surface area contributed by atoms with Crippen molar-refractivity contribution in [2.75, 3.05) is 0 Å². The van der Waals surface area contributed by atoms with E-state index >= 15 is 0 Å². The summed E-state index contributed by atoms with van der Waals surface area (Å²) in [6.45, 7) is 9.32. The molecule has 0 saturated heterocycles. The van der Waals surface area contributed by atoms with Crippen LogP contribution in [0.3, 0.4) is 0 Å². The lowest BCUT2D eigenvalue weighted by molar-refractivity contribution is 0.196. The van der Waals surface area contributed by atoms with Crippen LogP contribution in [-0.4, -0.2) is 5.11 Å².